The summed E-state index contributed by atoms with van der Waals surface area (Å²) in [6.45, 7) is 1.34. The van der Waals surface area contributed by atoms with Gasteiger partial charge < -0.3 is 16.2 Å². The van der Waals surface area contributed by atoms with E-state index in [9.17, 15) is 9.90 Å². The van der Waals surface area contributed by atoms with Gasteiger partial charge in [-0.1, -0.05) is 48.2 Å². The van der Waals surface area contributed by atoms with E-state index < -0.39 is 109 Å². The molecule has 1 aromatic heterocycles. The third kappa shape index (κ3) is 6.69. The van der Waals surface area contributed by atoms with Crippen molar-refractivity contribution in [2.24, 2.45) is 0 Å². The van der Waals surface area contributed by atoms with Crippen LogP contribution in [0.3, 0.4) is 0 Å². The molecule has 1 heterocycles. The van der Waals surface area contributed by atoms with Crippen molar-refractivity contribution in [1.29, 1.82) is 0 Å². The summed E-state index contributed by atoms with van der Waals surface area (Å²) >= 11 is 0.849. The smallest absolute Gasteiger partial charge is 0.230 e. The van der Waals surface area contributed by atoms with Gasteiger partial charge in [0.25, 0.3) is 0 Å². The van der Waals surface area contributed by atoms with Crippen LogP contribution >= 0.6 is 11.3 Å². The lowest BCUT2D eigenvalue weighted by molar-refractivity contribution is -0.115. The van der Waals surface area contributed by atoms with Gasteiger partial charge in [0.1, 0.15) is 0 Å². The van der Waals surface area contributed by atoms with E-state index >= 15 is 0 Å². The topological polar surface area (TPSA) is 88.2 Å². The Morgan fingerprint density at radius 3 is 2.66 bits per heavy atom. The van der Waals surface area contributed by atoms with Crippen LogP contribution in [0.5, 0.6) is 0 Å². The minimum atomic E-state index is -2.84. The third-order valence-electron chi connectivity index (χ3n) is 3.55. The van der Waals surface area contributed by atoms with Crippen LogP contribution in [0, 0.1) is 6.92 Å². The van der Waals surface area contributed by atoms with Crippen molar-refractivity contribution >= 4 is 28.1 Å². The fourth-order valence-corrected chi connectivity index (χ4v) is 2.67. The van der Waals surface area contributed by atoms with Gasteiger partial charge in [-0.3, -0.25) is 4.79 Å². The van der Waals surface area contributed by atoms with Crippen molar-refractivity contribution in [1.82, 2.24) is 4.98 Å². The maximum atomic E-state index is 12.5. The highest BCUT2D eigenvalue weighted by atomic mass is 32.1. The predicted molar refractivity (Wildman–Crippen MR) is 119 cm³/mol. The van der Waals surface area contributed by atoms with E-state index in [-0.39, 0.29) is 21.7 Å². The zero-order chi connectivity index (χ0) is 32.1. The van der Waals surface area contributed by atoms with Gasteiger partial charge >= 0.3 is 0 Å². The molecular weight excluding hydrogens is 382 g/mol. The Kier molecular flexibility index (Phi) is 3.47. The summed E-state index contributed by atoms with van der Waals surface area (Å²) < 4.78 is 107. The molecule has 0 aliphatic heterocycles. The molecule has 3 rings (SSSR count). The van der Waals surface area contributed by atoms with Crippen LogP contribution in [0.1, 0.15) is 65.5 Å². The number of aliphatic hydroxyl groups is 1. The van der Waals surface area contributed by atoms with E-state index in [1.807, 2.05) is 0 Å². The molecule has 2 aromatic carbocycles. The molecule has 0 aliphatic carbocycles. The highest BCUT2D eigenvalue weighted by Gasteiger charge is 2.08. The fourth-order valence-electron chi connectivity index (χ4n) is 2.17. The number of nitrogens with one attached hydrogen (secondary N) is 1. The molecule has 3 aromatic rings. The van der Waals surface area contributed by atoms with Gasteiger partial charge in [-0.25, -0.2) is 4.98 Å². The van der Waals surface area contributed by atoms with Crippen molar-refractivity contribution < 1.29 is 27.7 Å². The molecule has 6 heteroatoms. The second-order valence-electron chi connectivity index (χ2n) is 5.93. The van der Waals surface area contributed by atoms with Crippen molar-refractivity contribution in [3.8, 4) is 0 Å². The number of nitrogens with two attached hydrogens (primary N) is 1. The molecule has 4 N–H and O–H groups in total. The largest absolute Gasteiger partial charge is 0.388 e. The van der Waals surface area contributed by atoms with E-state index in [0.717, 1.165) is 11.3 Å². The number of benzene rings is 2. The minimum absolute atomic E-state index is 0.00575. The fraction of sp³-hybridized carbons (Fsp3) is 0.304. The predicted octanol–water partition coefficient (Wildman–Crippen LogP) is 4.66. The van der Waals surface area contributed by atoms with Gasteiger partial charge in [0.2, 0.25) is 5.91 Å². The summed E-state index contributed by atoms with van der Waals surface area (Å²) in [5.41, 5.74) is 4.04. The average Bonchev–Trinajstić information content (AvgIpc) is 3.20. The summed E-state index contributed by atoms with van der Waals surface area (Å²) in [5, 5.41) is 13.1. The van der Waals surface area contributed by atoms with Crippen LogP contribution in [0.4, 0.5) is 10.8 Å². The highest BCUT2D eigenvalue weighted by Crippen LogP contribution is 2.21. The molecule has 0 saturated heterocycles. The maximum absolute atomic E-state index is 12.5. The Hall–Kier alpha value is -2.70. The van der Waals surface area contributed by atoms with E-state index in [2.05, 4.69) is 10.3 Å². The van der Waals surface area contributed by atoms with Crippen LogP contribution in [0.2, 0.25) is 0 Å². The Balaban J connectivity index is 1.88. The first-order valence-electron chi connectivity index (χ1n) is 15.1. The number of hydrogen-bond donors (Lipinski definition) is 3. The van der Waals surface area contributed by atoms with Gasteiger partial charge in [0.15, 0.2) is 5.13 Å². The standard InChI is InChI=1S/C23H27N3O2S/c1-16-6-10-18(11-7-16)21(27)5-3-2-4-17-8-12-19(13-9-17)25-22(28)14-20-15-29-23(24)26-20/h6-13,15,21,27H,2-5,14H2,1H3,(H2,24,26)(H,25,28)/t21-/m0/s1/i2D2,5D2,6D,7D,8D,9D,10D,11D,12D,13D,15D. The summed E-state index contributed by atoms with van der Waals surface area (Å²) in [6.07, 6.45) is -10.0. The summed E-state index contributed by atoms with van der Waals surface area (Å²) in [6, 6.07) is -5.04. The zero-order valence-electron chi connectivity index (χ0n) is 28.5. The number of nitrogens with zero attached hydrogens (tertiary/aromatic N) is 1. The zero-order valence-corrected chi connectivity index (χ0v) is 16.3. The highest BCUT2D eigenvalue weighted by molar-refractivity contribution is 7.13. The Morgan fingerprint density at radius 1 is 1.28 bits per heavy atom. The molecule has 152 valence electrons. The minimum Gasteiger partial charge on any atom is -0.388 e. The molecule has 0 fully saturated rings. The van der Waals surface area contributed by atoms with Gasteiger partial charge in [-0.05, 0) is 49.3 Å². The van der Waals surface area contributed by atoms with E-state index in [4.69, 9.17) is 23.6 Å². The Bertz CT molecular complexity index is 1500. The number of thiazole rings is 1. The lowest BCUT2D eigenvalue weighted by Crippen LogP contribution is -2.14. The monoisotopic (exact) mass is 422 g/mol. The van der Waals surface area contributed by atoms with Crippen LogP contribution in [0.25, 0.3) is 0 Å². The number of anilines is 2. The van der Waals surface area contributed by atoms with E-state index in [1.54, 1.807) is 0 Å². The van der Waals surface area contributed by atoms with Crippen molar-refractivity contribution in [2.75, 3.05) is 11.1 Å². The first-order valence-corrected chi connectivity index (χ1v) is 9.37. The normalized spacial score (nSPS) is 19.3. The number of aliphatic hydroxyl groups excluding tert-OH is 1. The summed E-state index contributed by atoms with van der Waals surface area (Å²) in [7, 11) is 0. The molecule has 0 bridgehead atoms. The second kappa shape index (κ2) is 10.2. The van der Waals surface area contributed by atoms with Gasteiger partial charge in [0.05, 0.1) is 30.6 Å². The molecule has 0 radical (unpaired) electrons. The number of rotatable bonds is 9. The second-order valence-corrected chi connectivity index (χ2v) is 6.75. The molecule has 1 atom stereocenters. The summed E-state index contributed by atoms with van der Waals surface area (Å²) in [5.74, 6) is -0.787. The van der Waals surface area contributed by atoms with Gasteiger partial charge in [0, 0.05) is 16.5 Å². The number of hydrogen-bond acceptors (Lipinski definition) is 5. The summed E-state index contributed by atoms with van der Waals surface area (Å²) in [4.78, 5) is 16.4. The van der Waals surface area contributed by atoms with Gasteiger partial charge in [-0.2, -0.15) is 0 Å². The number of nitrogen functional groups attached to an aromatic ring is 1. The number of aromatic nitrogens is 1. The molecule has 1 amide bonds. The average molecular weight is 423 g/mol. The lowest BCUT2D eigenvalue weighted by Gasteiger charge is -2.11. The molecule has 5 nitrogen and oxygen atoms in total. The molecule has 0 aliphatic rings. The molecule has 0 saturated carbocycles. The van der Waals surface area contributed by atoms with Crippen LogP contribution < -0.4 is 11.1 Å². The first kappa shape index (κ1) is 9.87. The molecular formula is C23H27N3O2S. The molecule has 29 heavy (non-hydrogen) atoms. The SMILES string of the molecule is [2H]c1sc(N)nc1CC(=O)Nc1c([2H])c([2H])c(CC([2H])([2H])CC([2H])([2H])[C@H](O)c2c([2H])c([2H])c(C)c([2H])c2[2H])c([2H])c1[2H]. The number of carbonyl (C=O) groups is 1. The first-order chi connectivity index (χ1) is 19.2. The quantitative estimate of drug-likeness (QED) is 0.468. The number of carbonyl (C=O) groups excluding carboxylic acids is 1. The Labute approximate surface area is 193 Å². The van der Waals surface area contributed by atoms with E-state index in [0.29, 0.717) is 0 Å². The molecule has 0 spiro atoms. The van der Waals surface area contributed by atoms with Crippen LogP contribution in [0.15, 0.2) is 53.7 Å². The number of amides is 1. The van der Waals surface area contributed by atoms with Crippen LogP contribution in [-0.4, -0.2) is 16.0 Å². The van der Waals surface area contributed by atoms with Gasteiger partial charge in [-0.15, -0.1) is 11.3 Å². The lowest BCUT2D eigenvalue weighted by atomic mass is 10.0. The maximum Gasteiger partial charge on any atom is 0.230 e. The van der Waals surface area contributed by atoms with Crippen molar-refractivity contribution in [3.05, 3.63) is 76.1 Å². The van der Waals surface area contributed by atoms with Crippen LogP contribution in [-0.2, 0) is 17.6 Å². The molecule has 0 unspecified atom stereocenters. The third-order valence-corrected chi connectivity index (χ3v) is 4.19. The van der Waals surface area contributed by atoms with E-state index in [1.165, 1.54) is 6.92 Å². The van der Waals surface area contributed by atoms with Crippen molar-refractivity contribution in [2.45, 2.75) is 45.0 Å². The van der Waals surface area contributed by atoms with Crippen molar-refractivity contribution in [3.63, 3.8) is 0 Å². The Morgan fingerprint density at radius 2 is 2.00 bits per heavy atom.